The van der Waals surface area contributed by atoms with E-state index >= 15 is 0 Å². The average Bonchev–Trinajstić information content (AvgIpc) is 3.25. The number of likely N-dealkylation sites (tertiary alicyclic amines) is 1. The molecule has 0 radical (unpaired) electrons. The lowest BCUT2D eigenvalue weighted by Crippen LogP contribution is -2.34. The van der Waals surface area contributed by atoms with Crippen molar-refractivity contribution in [1.29, 1.82) is 0 Å². The van der Waals surface area contributed by atoms with E-state index in [4.69, 9.17) is 0 Å². The Kier molecular flexibility index (Phi) is 5.54. The van der Waals surface area contributed by atoms with Gasteiger partial charge in [-0.05, 0) is 55.2 Å². The van der Waals surface area contributed by atoms with Gasteiger partial charge in [-0.1, -0.05) is 18.2 Å². The van der Waals surface area contributed by atoms with Crippen LogP contribution in [0, 0.1) is 18.8 Å². The molecule has 2 fully saturated rings. The van der Waals surface area contributed by atoms with Crippen LogP contribution in [0.25, 0.3) is 0 Å². The molecule has 1 aliphatic heterocycles. The normalized spacial score (nSPS) is 23.3. The molecule has 1 aromatic heterocycles. The zero-order valence-corrected chi connectivity index (χ0v) is 17.0. The number of aryl methyl sites for hydroxylation is 1. The molecule has 1 N–H and O–H groups in total. The molecule has 5 nitrogen and oxygen atoms in total. The predicted octanol–water partition coefficient (Wildman–Crippen LogP) is 5.48. The van der Waals surface area contributed by atoms with Crippen LogP contribution >= 0.6 is 0 Å². The largest absolute Gasteiger partial charge is 0.433 e. The topological polar surface area (TPSA) is 58.1 Å². The lowest BCUT2D eigenvalue weighted by atomic mass is 9.91. The number of carbonyl (C=O) groups is 1. The number of hydrogen-bond acceptors (Lipinski definition) is 3. The smallest absolute Gasteiger partial charge is 0.324 e. The number of carbonyl (C=O) groups excluding carboxylic acids is 1. The van der Waals surface area contributed by atoms with Gasteiger partial charge in [0.1, 0.15) is 5.69 Å². The van der Waals surface area contributed by atoms with Crippen LogP contribution in [-0.2, 0) is 12.4 Å². The molecule has 1 saturated heterocycles. The zero-order valence-electron chi connectivity index (χ0n) is 17.0. The first kappa shape index (κ1) is 22.3. The third-order valence-electron chi connectivity index (χ3n) is 6.11. The standard InChI is InChI=1S/C21H20F6N4O/c1-11-6-17(21(25,26)27)29-18(28-11)30-19(32)31-9-13-7-12(8-14(13)10-31)15-4-2-3-5-16(15)20(22,23)24/h2-6,12-14H,7-10H2,1H3,(H,28,29,30,32)/t12?,13-,14+. The lowest BCUT2D eigenvalue weighted by Gasteiger charge is -2.21. The van der Waals surface area contributed by atoms with E-state index in [0.717, 1.165) is 12.1 Å². The van der Waals surface area contributed by atoms with Gasteiger partial charge in [0, 0.05) is 18.8 Å². The highest BCUT2D eigenvalue weighted by Crippen LogP contribution is 2.48. The molecule has 2 aromatic rings. The average molecular weight is 458 g/mol. The summed E-state index contributed by atoms with van der Waals surface area (Å²) in [5.74, 6) is -0.633. The Bertz CT molecular complexity index is 1010. The number of urea groups is 1. The molecule has 1 saturated carbocycles. The van der Waals surface area contributed by atoms with E-state index in [1.54, 1.807) is 6.07 Å². The number of anilines is 1. The second-order valence-corrected chi connectivity index (χ2v) is 8.32. The van der Waals surface area contributed by atoms with Gasteiger partial charge in [-0.15, -0.1) is 0 Å². The molecule has 1 aliphatic carbocycles. The van der Waals surface area contributed by atoms with Crippen molar-refractivity contribution < 1.29 is 31.1 Å². The molecule has 11 heteroatoms. The van der Waals surface area contributed by atoms with E-state index in [9.17, 15) is 31.1 Å². The van der Waals surface area contributed by atoms with Crippen LogP contribution < -0.4 is 5.32 Å². The van der Waals surface area contributed by atoms with Gasteiger partial charge >= 0.3 is 18.4 Å². The number of rotatable bonds is 2. The predicted molar refractivity (Wildman–Crippen MR) is 103 cm³/mol. The fraction of sp³-hybridized carbons (Fsp3) is 0.476. The first-order chi connectivity index (χ1) is 14.9. The Morgan fingerprint density at radius 3 is 2.22 bits per heavy atom. The second kappa shape index (κ2) is 7.93. The first-order valence-electron chi connectivity index (χ1n) is 10.1. The summed E-state index contributed by atoms with van der Waals surface area (Å²) in [4.78, 5) is 21.2. The first-order valence-corrected chi connectivity index (χ1v) is 10.1. The maximum Gasteiger partial charge on any atom is 0.433 e. The fourth-order valence-electron chi connectivity index (χ4n) is 4.78. The molecule has 0 spiro atoms. The zero-order chi connectivity index (χ0) is 23.3. The van der Waals surface area contributed by atoms with Gasteiger partial charge in [-0.25, -0.2) is 14.8 Å². The van der Waals surface area contributed by atoms with E-state index in [2.05, 4.69) is 15.3 Å². The molecule has 2 aliphatic rings. The van der Waals surface area contributed by atoms with Crippen molar-refractivity contribution in [2.45, 2.75) is 38.0 Å². The van der Waals surface area contributed by atoms with Crippen molar-refractivity contribution in [3.63, 3.8) is 0 Å². The van der Waals surface area contributed by atoms with Gasteiger partial charge in [-0.3, -0.25) is 5.32 Å². The molecule has 2 amide bonds. The molecular formula is C21H20F6N4O. The Labute approximate surface area is 179 Å². The summed E-state index contributed by atoms with van der Waals surface area (Å²) in [6.45, 7) is 2.00. The monoisotopic (exact) mass is 458 g/mol. The third-order valence-corrected chi connectivity index (χ3v) is 6.11. The summed E-state index contributed by atoms with van der Waals surface area (Å²) >= 11 is 0. The van der Waals surface area contributed by atoms with Crippen LogP contribution in [0.4, 0.5) is 37.1 Å². The van der Waals surface area contributed by atoms with Crippen molar-refractivity contribution >= 4 is 12.0 Å². The van der Waals surface area contributed by atoms with Gasteiger partial charge in [0.05, 0.1) is 5.56 Å². The summed E-state index contributed by atoms with van der Waals surface area (Å²) in [6.07, 6.45) is -8.07. The number of fused-ring (bicyclic) bond motifs is 1. The van der Waals surface area contributed by atoms with Crippen LogP contribution in [0.5, 0.6) is 0 Å². The van der Waals surface area contributed by atoms with Gasteiger partial charge < -0.3 is 4.90 Å². The van der Waals surface area contributed by atoms with Crippen LogP contribution in [0.2, 0.25) is 0 Å². The van der Waals surface area contributed by atoms with Crippen LogP contribution in [0.15, 0.2) is 30.3 Å². The fourth-order valence-corrected chi connectivity index (χ4v) is 4.78. The minimum absolute atomic E-state index is 0.0243. The van der Waals surface area contributed by atoms with E-state index in [-0.39, 0.29) is 29.0 Å². The molecule has 1 unspecified atom stereocenters. The molecule has 0 bridgehead atoms. The van der Waals surface area contributed by atoms with Crippen molar-refractivity contribution in [3.8, 4) is 0 Å². The van der Waals surface area contributed by atoms with E-state index in [1.807, 2.05) is 0 Å². The van der Waals surface area contributed by atoms with Gasteiger partial charge in [0.25, 0.3) is 0 Å². The molecule has 32 heavy (non-hydrogen) atoms. The molecule has 3 atom stereocenters. The summed E-state index contributed by atoms with van der Waals surface area (Å²) < 4.78 is 78.9. The Balaban J connectivity index is 1.42. The number of nitrogens with zero attached hydrogens (tertiary/aromatic N) is 3. The summed E-state index contributed by atoms with van der Waals surface area (Å²) in [7, 11) is 0. The van der Waals surface area contributed by atoms with E-state index < -0.39 is 35.6 Å². The highest BCUT2D eigenvalue weighted by molar-refractivity contribution is 5.87. The van der Waals surface area contributed by atoms with Crippen molar-refractivity contribution in [2.24, 2.45) is 11.8 Å². The van der Waals surface area contributed by atoms with E-state index in [1.165, 1.54) is 24.0 Å². The van der Waals surface area contributed by atoms with Crippen molar-refractivity contribution in [3.05, 3.63) is 52.8 Å². The number of nitrogens with one attached hydrogen (secondary N) is 1. The van der Waals surface area contributed by atoms with Crippen LogP contribution in [0.3, 0.4) is 0 Å². The van der Waals surface area contributed by atoms with Crippen LogP contribution in [0.1, 0.15) is 41.3 Å². The molecule has 1 aromatic carbocycles. The number of aromatic nitrogens is 2. The number of alkyl halides is 6. The highest BCUT2D eigenvalue weighted by Gasteiger charge is 2.45. The van der Waals surface area contributed by atoms with E-state index in [0.29, 0.717) is 25.9 Å². The Hall–Kier alpha value is -2.85. The second-order valence-electron chi connectivity index (χ2n) is 8.32. The summed E-state index contributed by atoms with van der Waals surface area (Å²) in [5, 5.41) is 2.31. The lowest BCUT2D eigenvalue weighted by molar-refractivity contribution is -0.141. The molecule has 2 heterocycles. The van der Waals surface area contributed by atoms with Crippen molar-refractivity contribution in [2.75, 3.05) is 18.4 Å². The highest BCUT2D eigenvalue weighted by atomic mass is 19.4. The number of halogens is 6. The summed E-state index contributed by atoms with van der Waals surface area (Å²) in [6, 6.07) is 5.72. The number of benzene rings is 1. The third kappa shape index (κ3) is 4.51. The Morgan fingerprint density at radius 2 is 1.62 bits per heavy atom. The van der Waals surface area contributed by atoms with Gasteiger partial charge in [-0.2, -0.15) is 26.3 Å². The minimum atomic E-state index is -4.67. The SMILES string of the molecule is Cc1cc(C(F)(F)F)nc(NC(=O)N2C[C@H]3CC(c4ccccc4C(F)(F)F)C[C@H]3C2)n1. The molecule has 4 rings (SSSR count). The number of hydrogen-bond donors (Lipinski definition) is 1. The van der Waals surface area contributed by atoms with Crippen LogP contribution in [-0.4, -0.2) is 34.0 Å². The van der Waals surface area contributed by atoms with Crippen molar-refractivity contribution in [1.82, 2.24) is 14.9 Å². The summed E-state index contributed by atoms with van der Waals surface area (Å²) in [5.41, 5.74) is -1.44. The quantitative estimate of drug-likeness (QED) is 0.607. The maximum absolute atomic E-state index is 13.4. The molecular weight excluding hydrogens is 438 g/mol. The minimum Gasteiger partial charge on any atom is -0.324 e. The maximum atomic E-state index is 13.4. The molecule has 172 valence electrons. The number of amides is 2. The van der Waals surface area contributed by atoms with Gasteiger partial charge in [0.15, 0.2) is 0 Å². The van der Waals surface area contributed by atoms with Gasteiger partial charge in [0.2, 0.25) is 5.95 Å². The Morgan fingerprint density at radius 1 is 1.00 bits per heavy atom.